The molecule has 16 nitrogen and oxygen atoms in total. The largest absolute Gasteiger partial charge is 0.460 e. The molecule has 0 saturated carbocycles. The van der Waals surface area contributed by atoms with Gasteiger partial charge in [-0.3, -0.25) is 4.79 Å². The van der Waals surface area contributed by atoms with Gasteiger partial charge in [0.2, 0.25) is 0 Å². The SMILES string of the molecule is COC1CC(OC2C(C)OC(OC3C(O)CC(OC4C(C)OC(OC5C(C)OC(=O)CC5OC)CC4OC)OC3C)CC2OC)OC(C)C1O. The van der Waals surface area contributed by atoms with E-state index in [0.29, 0.717) is 19.3 Å². The lowest BCUT2D eigenvalue weighted by Crippen LogP contribution is -2.58. The van der Waals surface area contributed by atoms with E-state index in [1.54, 1.807) is 35.2 Å². The van der Waals surface area contributed by atoms with Crippen molar-refractivity contribution in [2.75, 3.05) is 28.4 Å². The van der Waals surface area contributed by atoms with Gasteiger partial charge in [0, 0.05) is 54.1 Å². The minimum atomic E-state index is -0.912. The highest BCUT2D eigenvalue weighted by Gasteiger charge is 2.48. The third kappa shape index (κ3) is 9.34. The summed E-state index contributed by atoms with van der Waals surface area (Å²) in [5.41, 5.74) is 0. The zero-order valence-electron chi connectivity index (χ0n) is 30.6. The maximum absolute atomic E-state index is 11.9. The number of hydrogen-bond donors (Lipinski definition) is 2. The number of esters is 1. The summed E-state index contributed by atoms with van der Waals surface area (Å²) in [4.78, 5) is 11.9. The quantitative estimate of drug-likeness (QED) is 0.274. The van der Waals surface area contributed by atoms with Crippen LogP contribution in [0.4, 0.5) is 0 Å². The lowest BCUT2D eigenvalue weighted by atomic mass is 9.98. The number of hydrogen-bond acceptors (Lipinski definition) is 16. The first-order valence-corrected chi connectivity index (χ1v) is 17.8. The molecule has 0 aliphatic carbocycles. The monoisotopic (exact) mass is 722 g/mol. The van der Waals surface area contributed by atoms with Crippen molar-refractivity contribution >= 4 is 5.97 Å². The van der Waals surface area contributed by atoms with Gasteiger partial charge in [-0.2, -0.15) is 0 Å². The summed E-state index contributed by atoms with van der Waals surface area (Å²) in [5.74, 6) is -0.329. The predicted molar refractivity (Wildman–Crippen MR) is 171 cm³/mol. The zero-order valence-corrected chi connectivity index (χ0v) is 30.6. The molecule has 0 bridgehead atoms. The van der Waals surface area contributed by atoms with Crippen LogP contribution < -0.4 is 0 Å². The molecule has 5 aliphatic rings. The van der Waals surface area contributed by atoms with Crippen molar-refractivity contribution in [3.05, 3.63) is 0 Å². The van der Waals surface area contributed by atoms with Gasteiger partial charge in [0.05, 0.1) is 61.4 Å². The molecule has 5 heterocycles. The Morgan fingerprint density at radius 1 is 0.500 bits per heavy atom. The molecule has 0 spiro atoms. The van der Waals surface area contributed by atoms with Gasteiger partial charge in [0.25, 0.3) is 0 Å². The predicted octanol–water partition coefficient (Wildman–Crippen LogP) is 1.18. The van der Waals surface area contributed by atoms with Crippen LogP contribution in [0.2, 0.25) is 0 Å². The number of carbonyl (C=O) groups excluding carboxylic acids is 1. The molecule has 5 aliphatic heterocycles. The Morgan fingerprint density at radius 2 is 0.880 bits per heavy atom. The number of carbonyl (C=O) groups is 1. The Hall–Kier alpha value is -1.09. The lowest BCUT2D eigenvalue weighted by molar-refractivity contribution is -0.347. The normalized spacial score (nSPS) is 49.0. The summed E-state index contributed by atoms with van der Waals surface area (Å²) in [5, 5.41) is 21.6. The third-order valence-corrected chi connectivity index (χ3v) is 10.5. The Morgan fingerprint density at radius 3 is 1.34 bits per heavy atom. The topological polar surface area (TPSA) is 178 Å². The number of methoxy groups -OCH3 is 4. The Labute approximate surface area is 294 Å². The fourth-order valence-corrected chi connectivity index (χ4v) is 7.69. The van der Waals surface area contributed by atoms with E-state index < -0.39 is 111 Å². The van der Waals surface area contributed by atoms with Crippen molar-refractivity contribution in [1.29, 1.82) is 0 Å². The van der Waals surface area contributed by atoms with E-state index >= 15 is 0 Å². The summed E-state index contributed by atoms with van der Waals surface area (Å²) < 4.78 is 77.7. The maximum Gasteiger partial charge on any atom is 0.308 e. The second-order valence-electron chi connectivity index (χ2n) is 14.0. The molecule has 0 aromatic carbocycles. The standard InChI is InChI=1S/C34H58O16/c1-15-30(37)21(38-6)12-27(43-15)49-34-19(5)45-28(13-23(34)40-8)47-31-16(2)44-26(10-20(31)35)48-33-18(4)46-29(14-24(33)41-9)50-32-17(3)42-25(36)11-22(32)39-7/h15-24,26-35,37H,10-14H2,1-9H3. The van der Waals surface area contributed by atoms with Gasteiger partial charge in [-0.1, -0.05) is 0 Å². The highest BCUT2D eigenvalue weighted by molar-refractivity contribution is 5.71. The van der Waals surface area contributed by atoms with Crippen LogP contribution in [0.5, 0.6) is 0 Å². The molecule has 19 unspecified atom stereocenters. The van der Waals surface area contributed by atoms with Crippen LogP contribution in [0.25, 0.3) is 0 Å². The summed E-state index contributed by atoms with van der Waals surface area (Å²) in [6, 6.07) is 0. The van der Waals surface area contributed by atoms with Gasteiger partial charge >= 0.3 is 5.97 Å². The molecule has 5 rings (SSSR count). The summed E-state index contributed by atoms with van der Waals surface area (Å²) in [7, 11) is 6.29. The number of cyclic esters (lactones) is 1. The highest BCUT2D eigenvalue weighted by Crippen LogP contribution is 2.35. The van der Waals surface area contributed by atoms with Gasteiger partial charge in [-0.15, -0.1) is 0 Å². The van der Waals surface area contributed by atoms with Gasteiger partial charge in [0.1, 0.15) is 36.6 Å². The van der Waals surface area contributed by atoms with Gasteiger partial charge < -0.3 is 71.8 Å². The molecule has 5 saturated heterocycles. The molecule has 0 aromatic heterocycles. The van der Waals surface area contributed by atoms with Crippen molar-refractivity contribution in [2.24, 2.45) is 0 Å². The molecule has 0 aromatic rings. The first kappa shape index (κ1) is 40.1. The van der Waals surface area contributed by atoms with Crippen LogP contribution in [0.3, 0.4) is 0 Å². The van der Waals surface area contributed by atoms with Gasteiger partial charge in [0.15, 0.2) is 25.2 Å². The number of aliphatic hydroxyl groups is 2. The van der Waals surface area contributed by atoms with E-state index in [4.69, 9.17) is 61.6 Å². The van der Waals surface area contributed by atoms with E-state index in [-0.39, 0.29) is 24.9 Å². The highest BCUT2D eigenvalue weighted by atomic mass is 16.8. The average molecular weight is 723 g/mol. The summed E-state index contributed by atoms with van der Waals surface area (Å²) in [6.07, 6.45) is -9.18. The van der Waals surface area contributed by atoms with E-state index in [1.165, 1.54) is 7.11 Å². The molecule has 5 fully saturated rings. The maximum atomic E-state index is 11.9. The molecular weight excluding hydrogens is 664 g/mol. The molecule has 16 heteroatoms. The third-order valence-electron chi connectivity index (χ3n) is 10.5. The Bertz CT molecular complexity index is 1060. The van der Waals surface area contributed by atoms with Crippen LogP contribution >= 0.6 is 0 Å². The summed E-state index contributed by atoms with van der Waals surface area (Å²) >= 11 is 0. The van der Waals surface area contributed by atoms with Crippen LogP contribution in [-0.2, 0) is 66.4 Å². The average Bonchev–Trinajstić information content (AvgIpc) is 3.07. The van der Waals surface area contributed by atoms with E-state index in [2.05, 4.69) is 0 Å². The fraction of sp³-hybridized carbons (Fsp3) is 0.971. The van der Waals surface area contributed by atoms with Crippen molar-refractivity contribution in [3.8, 4) is 0 Å². The number of aliphatic hydroxyl groups excluding tert-OH is 2. The van der Waals surface area contributed by atoms with Crippen molar-refractivity contribution in [3.63, 3.8) is 0 Å². The van der Waals surface area contributed by atoms with Gasteiger partial charge in [-0.25, -0.2) is 0 Å². The Kier molecular flexibility index (Phi) is 14.3. The number of rotatable bonds is 12. The van der Waals surface area contributed by atoms with E-state index in [0.717, 1.165) is 0 Å². The van der Waals surface area contributed by atoms with E-state index in [9.17, 15) is 15.0 Å². The minimum absolute atomic E-state index is 0.0998. The molecule has 290 valence electrons. The molecule has 0 amide bonds. The van der Waals surface area contributed by atoms with Crippen molar-refractivity contribution < 1.29 is 76.6 Å². The number of ether oxygens (including phenoxy) is 13. The summed E-state index contributed by atoms with van der Waals surface area (Å²) in [6.45, 7) is 9.10. The smallest absolute Gasteiger partial charge is 0.308 e. The minimum Gasteiger partial charge on any atom is -0.460 e. The van der Waals surface area contributed by atoms with Crippen LogP contribution in [0.1, 0.15) is 66.7 Å². The van der Waals surface area contributed by atoms with Crippen molar-refractivity contribution in [1.82, 2.24) is 0 Å². The van der Waals surface area contributed by atoms with Crippen LogP contribution in [-0.4, -0.2) is 161 Å². The lowest BCUT2D eigenvalue weighted by Gasteiger charge is -2.46. The molecule has 50 heavy (non-hydrogen) atoms. The molecule has 0 radical (unpaired) electrons. The molecule has 19 atom stereocenters. The van der Waals surface area contributed by atoms with E-state index in [1.807, 2.05) is 20.8 Å². The first-order valence-electron chi connectivity index (χ1n) is 17.8. The zero-order chi connectivity index (χ0) is 36.3. The first-order chi connectivity index (χ1) is 23.8. The fourth-order valence-electron chi connectivity index (χ4n) is 7.69. The second kappa shape index (κ2) is 17.8. The molecular formula is C34H58O16. The van der Waals surface area contributed by atoms with Crippen LogP contribution in [0, 0.1) is 0 Å². The molecule has 2 N–H and O–H groups in total. The Balaban J connectivity index is 1.12. The van der Waals surface area contributed by atoms with Crippen LogP contribution in [0.15, 0.2) is 0 Å². The second-order valence-corrected chi connectivity index (χ2v) is 14.0. The van der Waals surface area contributed by atoms with Crippen molar-refractivity contribution in [2.45, 2.75) is 183 Å². The van der Waals surface area contributed by atoms with Gasteiger partial charge in [-0.05, 0) is 34.6 Å².